The van der Waals surface area contributed by atoms with Crippen molar-refractivity contribution in [3.05, 3.63) is 60.4 Å². The van der Waals surface area contributed by atoms with Crippen LogP contribution in [0.1, 0.15) is 10.5 Å². The molecule has 0 aliphatic carbocycles. The molecule has 0 radical (unpaired) electrons. The topological polar surface area (TPSA) is 73.6 Å². The van der Waals surface area contributed by atoms with Crippen LogP contribution in [0, 0.1) is 0 Å². The summed E-state index contributed by atoms with van der Waals surface area (Å²) in [5.74, 6) is 0.581. The summed E-state index contributed by atoms with van der Waals surface area (Å²) in [5.41, 5.74) is 1.52. The van der Waals surface area contributed by atoms with Gasteiger partial charge in [0.15, 0.2) is 17.2 Å². The number of nitrogens with zero attached hydrogens (tertiary/aromatic N) is 2. The third kappa shape index (κ3) is 2.81. The number of rotatable bonds is 5. The Kier molecular flexibility index (Phi) is 4.20. The molecule has 0 spiro atoms. The molecule has 2 aromatic carbocycles. The molecule has 6 nitrogen and oxygen atoms in total. The van der Waals surface area contributed by atoms with Gasteiger partial charge >= 0.3 is 5.97 Å². The van der Waals surface area contributed by atoms with Crippen LogP contribution in [0.3, 0.4) is 0 Å². The van der Waals surface area contributed by atoms with Gasteiger partial charge in [-0.2, -0.15) is 0 Å². The minimum absolute atomic E-state index is 0.0244. The summed E-state index contributed by atoms with van der Waals surface area (Å²) in [6, 6.07) is 14.8. The lowest BCUT2D eigenvalue weighted by molar-refractivity contribution is 0.0691. The zero-order valence-corrected chi connectivity index (χ0v) is 13.3. The number of imidazole rings is 1. The monoisotopic (exact) mass is 324 g/mol. The van der Waals surface area contributed by atoms with Gasteiger partial charge < -0.3 is 14.6 Å². The first-order chi connectivity index (χ1) is 11.6. The molecule has 0 bridgehead atoms. The summed E-state index contributed by atoms with van der Waals surface area (Å²) in [6.45, 7) is 0. The molecule has 122 valence electrons. The molecule has 0 unspecified atom stereocenters. The maximum Gasteiger partial charge on any atom is 0.356 e. The molecule has 24 heavy (non-hydrogen) atoms. The Hall–Kier alpha value is -3.28. The van der Waals surface area contributed by atoms with E-state index in [1.165, 1.54) is 6.20 Å². The third-order valence-corrected chi connectivity index (χ3v) is 3.60. The van der Waals surface area contributed by atoms with Gasteiger partial charge in [0.1, 0.15) is 5.82 Å². The second-order valence-corrected chi connectivity index (χ2v) is 5.03. The van der Waals surface area contributed by atoms with Gasteiger partial charge in [-0.3, -0.25) is 4.57 Å². The van der Waals surface area contributed by atoms with Crippen LogP contribution < -0.4 is 9.47 Å². The van der Waals surface area contributed by atoms with Crippen molar-refractivity contribution in [3.63, 3.8) is 0 Å². The van der Waals surface area contributed by atoms with E-state index in [0.29, 0.717) is 17.3 Å². The Morgan fingerprint density at radius 1 is 1.04 bits per heavy atom. The van der Waals surface area contributed by atoms with Crippen molar-refractivity contribution >= 4 is 5.97 Å². The number of hydrogen-bond acceptors (Lipinski definition) is 4. The Morgan fingerprint density at radius 2 is 1.75 bits per heavy atom. The largest absolute Gasteiger partial charge is 0.493 e. The summed E-state index contributed by atoms with van der Waals surface area (Å²) in [6.07, 6.45) is 1.50. The summed E-state index contributed by atoms with van der Waals surface area (Å²) < 4.78 is 12.3. The Labute approximate surface area is 138 Å². The molecule has 3 aromatic rings. The number of carboxylic acid groups (broad SMARTS) is 1. The maximum absolute atomic E-state index is 11.3. The number of carbonyl (C=O) groups is 1. The number of aromatic carboxylic acids is 1. The second kappa shape index (κ2) is 6.45. The molecular weight excluding hydrogens is 308 g/mol. The van der Waals surface area contributed by atoms with Gasteiger partial charge in [-0.05, 0) is 30.3 Å². The van der Waals surface area contributed by atoms with Crippen molar-refractivity contribution in [1.82, 2.24) is 9.55 Å². The Morgan fingerprint density at radius 3 is 2.38 bits per heavy atom. The molecule has 6 heteroatoms. The van der Waals surface area contributed by atoms with Crippen LogP contribution in [-0.4, -0.2) is 34.8 Å². The smallest absolute Gasteiger partial charge is 0.356 e. The van der Waals surface area contributed by atoms with E-state index < -0.39 is 5.97 Å². The number of aromatic nitrogens is 2. The van der Waals surface area contributed by atoms with E-state index in [1.807, 2.05) is 36.4 Å². The van der Waals surface area contributed by atoms with Gasteiger partial charge in [0.2, 0.25) is 0 Å². The second-order valence-electron chi connectivity index (χ2n) is 5.03. The fourth-order valence-corrected chi connectivity index (χ4v) is 2.45. The van der Waals surface area contributed by atoms with Crippen LogP contribution in [-0.2, 0) is 0 Å². The van der Waals surface area contributed by atoms with E-state index in [1.54, 1.807) is 30.9 Å². The maximum atomic E-state index is 11.3. The molecule has 1 heterocycles. The SMILES string of the molecule is COc1ccc(-c2nc(C(=O)O)cn2-c2ccccc2)cc1OC. The normalized spacial score (nSPS) is 10.4. The van der Waals surface area contributed by atoms with Crippen molar-refractivity contribution in [1.29, 1.82) is 0 Å². The molecule has 0 atom stereocenters. The third-order valence-electron chi connectivity index (χ3n) is 3.60. The van der Waals surface area contributed by atoms with E-state index in [9.17, 15) is 9.90 Å². The first kappa shape index (κ1) is 15.6. The molecule has 0 fully saturated rings. The standard InChI is InChI=1S/C18H16N2O4/c1-23-15-9-8-12(10-16(15)24-2)17-19-14(18(21)22)11-20(17)13-6-4-3-5-7-13/h3-11H,1-2H3,(H,21,22). The zero-order chi connectivity index (χ0) is 17.1. The molecule has 0 saturated heterocycles. The quantitative estimate of drug-likeness (QED) is 0.780. The van der Waals surface area contributed by atoms with Crippen LogP contribution in [0.4, 0.5) is 0 Å². The number of carboxylic acids is 1. The lowest BCUT2D eigenvalue weighted by Crippen LogP contribution is -1.97. The van der Waals surface area contributed by atoms with Crippen LogP contribution in [0.25, 0.3) is 17.1 Å². The van der Waals surface area contributed by atoms with Crippen molar-refractivity contribution in [2.24, 2.45) is 0 Å². The van der Waals surface area contributed by atoms with Gasteiger partial charge in [-0.25, -0.2) is 9.78 Å². The average molecular weight is 324 g/mol. The molecule has 0 saturated carbocycles. The van der Waals surface area contributed by atoms with Gasteiger partial charge in [0, 0.05) is 17.4 Å². The molecule has 1 N–H and O–H groups in total. The number of para-hydroxylation sites is 1. The fraction of sp³-hybridized carbons (Fsp3) is 0.111. The highest BCUT2D eigenvalue weighted by Crippen LogP contribution is 2.32. The minimum Gasteiger partial charge on any atom is -0.493 e. The van der Waals surface area contributed by atoms with Crippen LogP contribution in [0.15, 0.2) is 54.7 Å². The molecule has 0 aliphatic heterocycles. The minimum atomic E-state index is -1.08. The van der Waals surface area contributed by atoms with Crippen LogP contribution >= 0.6 is 0 Å². The summed E-state index contributed by atoms with van der Waals surface area (Å²) in [4.78, 5) is 15.6. The molecular formula is C18H16N2O4. The molecule has 0 aliphatic rings. The molecule has 1 aromatic heterocycles. The summed E-state index contributed by atoms with van der Waals surface area (Å²) >= 11 is 0. The predicted molar refractivity (Wildman–Crippen MR) is 89.1 cm³/mol. The Bertz CT molecular complexity index is 872. The van der Waals surface area contributed by atoms with Crippen molar-refractivity contribution < 1.29 is 19.4 Å². The van der Waals surface area contributed by atoms with E-state index >= 15 is 0 Å². The number of methoxy groups -OCH3 is 2. The molecule has 3 rings (SSSR count). The van der Waals surface area contributed by atoms with Crippen molar-refractivity contribution in [2.75, 3.05) is 14.2 Å². The zero-order valence-electron chi connectivity index (χ0n) is 13.3. The highest BCUT2D eigenvalue weighted by Gasteiger charge is 2.17. The van der Waals surface area contributed by atoms with E-state index in [0.717, 1.165) is 11.3 Å². The van der Waals surface area contributed by atoms with E-state index in [2.05, 4.69) is 4.98 Å². The first-order valence-electron chi connectivity index (χ1n) is 7.24. The van der Waals surface area contributed by atoms with Gasteiger partial charge in [-0.1, -0.05) is 18.2 Å². The van der Waals surface area contributed by atoms with Crippen LogP contribution in [0.5, 0.6) is 11.5 Å². The number of benzene rings is 2. The fourth-order valence-electron chi connectivity index (χ4n) is 2.45. The predicted octanol–water partition coefficient (Wildman–Crippen LogP) is 3.25. The number of hydrogen-bond donors (Lipinski definition) is 1. The highest BCUT2D eigenvalue weighted by atomic mass is 16.5. The highest BCUT2D eigenvalue weighted by molar-refractivity contribution is 5.86. The van der Waals surface area contributed by atoms with Gasteiger partial charge in [-0.15, -0.1) is 0 Å². The van der Waals surface area contributed by atoms with Crippen LogP contribution in [0.2, 0.25) is 0 Å². The van der Waals surface area contributed by atoms with Gasteiger partial charge in [0.05, 0.1) is 14.2 Å². The van der Waals surface area contributed by atoms with Crippen molar-refractivity contribution in [3.8, 4) is 28.6 Å². The average Bonchev–Trinajstić information content (AvgIpc) is 3.07. The number of ether oxygens (including phenoxy) is 2. The van der Waals surface area contributed by atoms with E-state index in [4.69, 9.17) is 9.47 Å². The Balaban J connectivity index is 2.18. The lowest BCUT2D eigenvalue weighted by Gasteiger charge is -2.11. The summed E-state index contributed by atoms with van der Waals surface area (Å²) in [7, 11) is 3.11. The first-order valence-corrected chi connectivity index (χ1v) is 7.24. The molecule has 0 amide bonds. The van der Waals surface area contributed by atoms with E-state index in [-0.39, 0.29) is 5.69 Å². The summed E-state index contributed by atoms with van der Waals surface area (Å²) in [5, 5.41) is 9.28. The lowest BCUT2D eigenvalue weighted by atomic mass is 10.2. The van der Waals surface area contributed by atoms with Crippen molar-refractivity contribution in [2.45, 2.75) is 0 Å². The van der Waals surface area contributed by atoms with Gasteiger partial charge in [0.25, 0.3) is 0 Å².